The molecule has 1 aromatic heterocycles. The van der Waals surface area contributed by atoms with E-state index in [1.165, 1.54) is 22.5 Å². The maximum absolute atomic E-state index is 13.9. The standard InChI is InChI=1S/C18H22FN3O3S/c1-13-11-15(14(2)20-13)17(23)12-21-7-9-22(10-8-21)26(24,25)18-6-4-3-5-16(18)19/h3-6,11,20H,7-10,12H2,1-2H3. The van der Waals surface area contributed by atoms with E-state index in [0.717, 1.165) is 17.5 Å². The first kappa shape index (κ1) is 18.8. The van der Waals surface area contributed by atoms with Crippen molar-refractivity contribution in [1.82, 2.24) is 14.2 Å². The lowest BCUT2D eigenvalue weighted by Crippen LogP contribution is -2.49. The molecule has 6 nitrogen and oxygen atoms in total. The topological polar surface area (TPSA) is 73.5 Å². The summed E-state index contributed by atoms with van der Waals surface area (Å²) in [6.45, 7) is 5.33. The molecule has 2 aromatic rings. The van der Waals surface area contributed by atoms with Gasteiger partial charge in [-0.05, 0) is 32.0 Å². The monoisotopic (exact) mass is 379 g/mol. The highest BCUT2D eigenvalue weighted by atomic mass is 32.2. The number of piperazine rings is 1. The average Bonchev–Trinajstić information content (AvgIpc) is 2.94. The van der Waals surface area contributed by atoms with Crippen molar-refractivity contribution in [1.29, 1.82) is 0 Å². The zero-order valence-electron chi connectivity index (χ0n) is 14.8. The molecule has 0 aliphatic carbocycles. The summed E-state index contributed by atoms with van der Waals surface area (Å²) in [5.74, 6) is -0.735. The first-order valence-electron chi connectivity index (χ1n) is 8.45. The van der Waals surface area contributed by atoms with Gasteiger partial charge in [0.25, 0.3) is 0 Å². The molecule has 1 N–H and O–H groups in total. The number of halogens is 1. The number of hydrogen-bond acceptors (Lipinski definition) is 4. The van der Waals surface area contributed by atoms with Gasteiger partial charge in [0.05, 0.1) is 6.54 Å². The highest BCUT2D eigenvalue weighted by molar-refractivity contribution is 7.89. The van der Waals surface area contributed by atoms with E-state index in [0.29, 0.717) is 18.7 Å². The average molecular weight is 379 g/mol. The molecular weight excluding hydrogens is 357 g/mol. The lowest BCUT2D eigenvalue weighted by Gasteiger charge is -2.33. The van der Waals surface area contributed by atoms with Crippen molar-refractivity contribution in [2.24, 2.45) is 0 Å². The summed E-state index contributed by atoms with van der Waals surface area (Å²) in [7, 11) is -3.86. The van der Waals surface area contributed by atoms with E-state index in [9.17, 15) is 17.6 Å². The molecule has 2 heterocycles. The molecule has 26 heavy (non-hydrogen) atoms. The Hall–Kier alpha value is -2.03. The van der Waals surface area contributed by atoms with Crippen LogP contribution in [0.25, 0.3) is 0 Å². The molecule has 0 radical (unpaired) electrons. The van der Waals surface area contributed by atoms with Crippen LogP contribution in [0.2, 0.25) is 0 Å². The lowest BCUT2D eigenvalue weighted by molar-refractivity contribution is 0.0901. The van der Waals surface area contributed by atoms with Gasteiger partial charge in [0.1, 0.15) is 10.7 Å². The number of aryl methyl sites for hydroxylation is 2. The van der Waals surface area contributed by atoms with Crippen molar-refractivity contribution in [2.75, 3.05) is 32.7 Å². The molecule has 0 bridgehead atoms. The molecule has 0 unspecified atom stereocenters. The first-order valence-corrected chi connectivity index (χ1v) is 9.89. The van der Waals surface area contributed by atoms with Gasteiger partial charge in [0, 0.05) is 43.1 Å². The number of aromatic amines is 1. The minimum Gasteiger partial charge on any atom is -0.362 e. The normalized spacial score (nSPS) is 16.7. The number of carbonyl (C=O) groups excluding carboxylic acids is 1. The molecule has 1 fully saturated rings. The van der Waals surface area contributed by atoms with Crippen LogP contribution in [0, 0.1) is 19.7 Å². The molecule has 140 valence electrons. The van der Waals surface area contributed by atoms with Gasteiger partial charge < -0.3 is 4.98 Å². The highest BCUT2D eigenvalue weighted by Gasteiger charge is 2.31. The maximum Gasteiger partial charge on any atom is 0.246 e. The summed E-state index contributed by atoms with van der Waals surface area (Å²) >= 11 is 0. The summed E-state index contributed by atoms with van der Waals surface area (Å²) in [6, 6.07) is 7.21. The zero-order valence-corrected chi connectivity index (χ0v) is 15.6. The second-order valence-corrected chi connectivity index (χ2v) is 8.43. The van der Waals surface area contributed by atoms with E-state index in [-0.39, 0.29) is 30.3 Å². The third-order valence-electron chi connectivity index (χ3n) is 4.60. The number of ketones is 1. The molecule has 0 saturated carbocycles. The summed E-state index contributed by atoms with van der Waals surface area (Å²) in [4.78, 5) is 17.2. The Morgan fingerprint density at radius 3 is 2.38 bits per heavy atom. The number of nitrogens with zero attached hydrogens (tertiary/aromatic N) is 2. The number of H-pyrrole nitrogens is 1. The van der Waals surface area contributed by atoms with Crippen LogP contribution >= 0.6 is 0 Å². The molecular formula is C18H22FN3O3S. The fourth-order valence-electron chi connectivity index (χ4n) is 3.22. The molecule has 1 aromatic carbocycles. The number of rotatable bonds is 5. The van der Waals surface area contributed by atoms with Gasteiger partial charge in [-0.1, -0.05) is 12.1 Å². The van der Waals surface area contributed by atoms with Gasteiger partial charge in [-0.3, -0.25) is 9.69 Å². The Balaban J connectivity index is 1.63. The first-order chi connectivity index (χ1) is 12.3. The summed E-state index contributed by atoms with van der Waals surface area (Å²) in [5.41, 5.74) is 2.45. The van der Waals surface area contributed by atoms with Crippen LogP contribution in [0.3, 0.4) is 0 Å². The summed E-state index contributed by atoms with van der Waals surface area (Å²) < 4.78 is 40.3. The summed E-state index contributed by atoms with van der Waals surface area (Å²) in [6.07, 6.45) is 0. The van der Waals surface area contributed by atoms with E-state index >= 15 is 0 Å². The number of Topliss-reactive ketones (excluding diaryl/α,β-unsaturated/α-hetero) is 1. The largest absolute Gasteiger partial charge is 0.362 e. The van der Waals surface area contributed by atoms with Crippen LogP contribution in [0.5, 0.6) is 0 Å². The second kappa shape index (κ2) is 7.30. The molecule has 0 spiro atoms. The van der Waals surface area contributed by atoms with Gasteiger partial charge in [0.2, 0.25) is 10.0 Å². The minimum absolute atomic E-state index is 0.0114. The van der Waals surface area contributed by atoms with Crippen molar-refractivity contribution in [3.8, 4) is 0 Å². The Bertz CT molecular complexity index is 916. The molecule has 1 aliphatic rings. The number of carbonyl (C=O) groups is 1. The number of aromatic nitrogens is 1. The summed E-state index contributed by atoms with van der Waals surface area (Å²) in [5, 5.41) is 0. The quantitative estimate of drug-likeness (QED) is 0.806. The molecule has 1 saturated heterocycles. The Morgan fingerprint density at radius 1 is 1.15 bits per heavy atom. The van der Waals surface area contributed by atoms with E-state index in [1.54, 1.807) is 0 Å². The van der Waals surface area contributed by atoms with Crippen LogP contribution in [-0.2, 0) is 10.0 Å². The number of sulfonamides is 1. The minimum atomic E-state index is -3.86. The van der Waals surface area contributed by atoms with Crippen LogP contribution in [0.1, 0.15) is 21.7 Å². The van der Waals surface area contributed by atoms with Crippen molar-refractivity contribution < 1.29 is 17.6 Å². The number of nitrogens with one attached hydrogen (secondary N) is 1. The predicted molar refractivity (Wildman–Crippen MR) is 96.2 cm³/mol. The third kappa shape index (κ3) is 3.72. The molecule has 1 aliphatic heterocycles. The van der Waals surface area contributed by atoms with Crippen molar-refractivity contribution >= 4 is 15.8 Å². The lowest BCUT2D eigenvalue weighted by atomic mass is 10.1. The van der Waals surface area contributed by atoms with Gasteiger partial charge in [0.15, 0.2) is 5.78 Å². The Labute approximate surface area is 152 Å². The van der Waals surface area contributed by atoms with Crippen LogP contribution < -0.4 is 0 Å². The Kier molecular flexibility index (Phi) is 5.27. The molecule has 0 amide bonds. The highest BCUT2D eigenvalue weighted by Crippen LogP contribution is 2.20. The molecule has 8 heteroatoms. The van der Waals surface area contributed by atoms with Gasteiger partial charge >= 0.3 is 0 Å². The molecule has 0 atom stereocenters. The third-order valence-corrected chi connectivity index (χ3v) is 6.53. The SMILES string of the molecule is Cc1cc(C(=O)CN2CCN(S(=O)(=O)c3ccccc3F)CC2)c(C)[nH]1. The van der Waals surface area contributed by atoms with Crippen LogP contribution in [-0.4, -0.2) is 61.1 Å². The Morgan fingerprint density at radius 2 is 1.81 bits per heavy atom. The fourth-order valence-corrected chi connectivity index (χ4v) is 4.71. The number of hydrogen-bond donors (Lipinski definition) is 1. The van der Waals surface area contributed by atoms with Crippen molar-refractivity contribution in [3.05, 3.63) is 53.1 Å². The second-order valence-electron chi connectivity index (χ2n) is 6.52. The fraction of sp³-hybridized carbons (Fsp3) is 0.389. The van der Waals surface area contributed by atoms with E-state index in [4.69, 9.17) is 0 Å². The van der Waals surface area contributed by atoms with E-state index in [1.807, 2.05) is 24.8 Å². The predicted octanol–water partition coefficient (Wildman–Crippen LogP) is 1.96. The zero-order chi connectivity index (χ0) is 18.9. The van der Waals surface area contributed by atoms with E-state index < -0.39 is 15.8 Å². The van der Waals surface area contributed by atoms with Crippen molar-refractivity contribution in [3.63, 3.8) is 0 Å². The van der Waals surface area contributed by atoms with Gasteiger partial charge in [-0.25, -0.2) is 12.8 Å². The smallest absolute Gasteiger partial charge is 0.246 e. The van der Waals surface area contributed by atoms with Crippen LogP contribution in [0.4, 0.5) is 4.39 Å². The maximum atomic E-state index is 13.9. The van der Waals surface area contributed by atoms with Crippen LogP contribution in [0.15, 0.2) is 35.2 Å². The van der Waals surface area contributed by atoms with Gasteiger partial charge in [-0.15, -0.1) is 0 Å². The number of benzene rings is 1. The molecule has 3 rings (SSSR count). The van der Waals surface area contributed by atoms with E-state index in [2.05, 4.69) is 4.98 Å². The van der Waals surface area contributed by atoms with Crippen molar-refractivity contribution in [2.45, 2.75) is 18.7 Å². The van der Waals surface area contributed by atoms with Gasteiger partial charge in [-0.2, -0.15) is 4.31 Å².